The molecule has 1 aromatic carbocycles. The van der Waals surface area contributed by atoms with Gasteiger partial charge in [0.05, 0.1) is 13.2 Å². The molecular weight excluding hydrogens is 262 g/mol. The van der Waals surface area contributed by atoms with Gasteiger partial charge in [0, 0.05) is 18.4 Å². The highest BCUT2D eigenvalue weighted by molar-refractivity contribution is 5.37. The molecule has 2 aromatic rings. The Bertz CT molecular complexity index is 561. The fraction of sp³-hybridized carbons (Fsp3) is 0.471. The summed E-state index contributed by atoms with van der Waals surface area (Å²) in [5.41, 5.74) is 1.34. The van der Waals surface area contributed by atoms with Crippen molar-refractivity contribution in [2.45, 2.75) is 44.2 Å². The Hall–Kier alpha value is -1.81. The van der Waals surface area contributed by atoms with Gasteiger partial charge < -0.3 is 15.0 Å². The van der Waals surface area contributed by atoms with Crippen LogP contribution in [-0.2, 0) is 0 Å². The van der Waals surface area contributed by atoms with E-state index in [9.17, 15) is 0 Å². The lowest BCUT2D eigenvalue weighted by atomic mass is 9.75. The minimum absolute atomic E-state index is 0.323. The fourth-order valence-corrected chi connectivity index (χ4v) is 3.15. The number of para-hydroxylation sites is 1. The third kappa shape index (κ3) is 2.95. The first-order chi connectivity index (χ1) is 10.3. The SMILES string of the molecule is CCC(NC1CC(c2ccccc2OC)C1)c1ncc[nH]1. The molecular formula is C17H23N3O. The van der Waals surface area contributed by atoms with Crippen molar-refractivity contribution in [1.82, 2.24) is 15.3 Å². The predicted octanol–water partition coefficient (Wildman–Crippen LogP) is 3.41. The Kier molecular flexibility index (Phi) is 4.25. The first-order valence-corrected chi connectivity index (χ1v) is 7.70. The molecule has 1 fully saturated rings. The van der Waals surface area contributed by atoms with E-state index in [1.807, 2.05) is 24.5 Å². The summed E-state index contributed by atoms with van der Waals surface area (Å²) in [5, 5.41) is 3.71. The molecule has 2 N–H and O–H groups in total. The monoisotopic (exact) mass is 285 g/mol. The Morgan fingerprint density at radius 3 is 2.86 bits per heavy atom. The zero-order valence-corrected chi connectivity index (χ0v) is 12.7. The zero-order valence-electron chi connectivity index (χ0n) is 12.7. The van der Waals surface area contributed by atoms with Gasteiger partial charge in [0.15, 0.2) is 0 Å². The molecule has 1 heterocycles. The number of hydrogen-bond donors (Lipinski definition) is 2. The van der Waals surface area contributed by atoms with Crippen molar-refractivity contribution < 1.29 is 4.74 Å². The van der Waals surface area contributed by atoms with Crippen LogP contribution >= 0.6 is 0 Å². The molecule has 1 saturated carbocycles. The van der Waals surface area contributed by atoms with Crippen molar-refractivity contribution in [3.63, 3.8) is 0 Å². The molecule has 21 heavy (non-hydrogen) atoms. The van der Waals surface area contributed by atoms with Crippen LogP contribution in [0.2, 0.25) is 0 Å². The van der Waals surface area contributed by atoms with Crippen molar-refractivity contribution in [3.8, 4) is 5.75 Å². The molecule has 0 saturated heterocycles. The summed E-state index contributed by atoms with van der Waals surface area (Å²) >= 11 is 0. The molecule has 4 nitrogen and oxygen atoms in total. The van der Waals surface area contributed by atoms with Crippen molar-refractivity contribution in [2.75, 3.05) is 7.11 Å². The Labute approximate surface area is 125 Å². The number of imidazole rings is 1. The number of benzene rings is 1. The summed E-state index contributed by atoms with van der Waals surface area (Å²) in [7, 11) is 1.75. The van der Waals surface area contributed by atoms with Crippen molar-refractivity contribution in [3.05, 3.63) is 48.0 Å². The highest BCUT2D eigenvalue weighted by atomic mass is 16.5. The largest absolute Gasteiger partial charge is 0.496 e. The van der Waals surface area contributed by atoms with Gasteiger partial charge in [0.1, 0.15) is 11.6 Å². The van der Waals surface area contributed by atoms with E-state index >= 15 is 0 Å². The van der Waals surface area contributed by atoms with E-state index in [1.165, 1.54) is 5.56 Å². The Morgan fingerprint density at radius 2 is 2.19 bits per heavy atom. The topological polar surface area (TPSA) is 49.9 Å². The summed E-state index contributed by atoms with van der Waals surface area (Å²) in [6.07, 6.45) is 7.08. The second-order valence-corrected chi connectivity index (χ2v) is 5.71. The maximum atomic E-state index is 5.46. The number of H-pyrrole nitrogens is 1. The quantitative estimate of drug-likeness (QED) is 0.855. The first kappa shape index (κ1) is 14.1. The molecule has 1 aliphatic rings. The van der Waals surface area contributed by atoms with Gasteiger partial charge in [0.25, 0.3) is 0 Å². The van der Waals surface area contributed by atoms with Crippen LogP contribution in [0.1, 0.15) is 49.5 Å². The number of rotatable bonds is 6. The lowest BCUT2D eigenvalue weighted by molar-refractivity contribution is 0.254. The molecule has 1 aromatic heterocycles. The number of nitrogens with one attached hydrogen (secondary N) is 2. The van der Waals surface area contributed by atoms with Crippen molar-refractivity contribution in [1.29, 1.82) is 0 Å². The number of aromatic amines is 1. The van der Waals surface area contributed by atoms with Gasteiger partial charge in [-0.05, 0) is 36.8 Å². The summed E-state index contributed by atoms with van der Waals surface area (Å²) in [6.45, 7) is 2.19. The van der Waals surface area contributed by atoms with E-state index in [0.29, 0.717) is 18.0 Å². The Balaban J connectivity index is 1.58. The third-order valence-corrected chi connectivity index (χ3v) is 4.41. The van der Waals surface area contributed by atoms with E-state index in [2.05, 4.69) is 34.3 Å². The predicted molar refractivity (Wildman–Crippen MR) is 83.5 cm³/mol. The molecule has 0 bridgehead atoms. The second kappa shape index (κ2) is 6.31. The number of nitrogens with zero attached hydrogens (tertiary/aromatic N) is 1. The molecule has 3 rings (SSSR count). The summed E-state index contributed by atoms with van der Waals surface area (Å²) < 4.78 is 5.46. The van der Waals surface area contributed by atoms with Crippen LogP contribution in [0, 0.1) is 0 Å². The van der Waals surface area contributed by atoms with E-state index < -0.39 is 0 Å². The molecule has 0 aliphatic heterocycles. The number of methoxy groups -OCH3 is 1. The highest BCUT2D eigenvalue weighted by Gasteiger charge is 2.33. The average molecular weight is 285 g/mol. The number of ether oxygens (including phenoxy) is 1. The number of hydrogen-bond acceptors (Lipinski definition) is 3. The molecule has 1 atom stereocenters. The molecule has 0 radical (unpaired) electrons. The maximum Gasteiger partial charge on any atom is 0.123 e. The summed E-state index contributed by atoms with van der Waals surface area (Å²) in [6, 6.07) is 9.24. The van der Waals surface area contributed by atoms with Gasteiger partial charge in [-0.25, -0.2) is 4.98 Å². The van der Waals surface area contributed by atoms with Gasteiger partial charge in [-0.2, -0.15) is 0 Å². The average Bonchev–Trinajstić information content (AvgIpc) is 3.00. The van der Waals surface area contributed by atoms with Gasteiger partial charge in [-0.15, -0.1) is 0 Å². The van der Waals surface area contributed by atoms with E-state index in [0.717, 1.165) is 30.8 Å². The maximum absolute atomic E-state index is 5.46. The molecule has 0 spiro atoms. The van der Waals surface area contributed by atoms with Crippen molar-refractivity contribution >= 4 is 0 Å². The van der Waals surface area contributed by atoms with Gasteiger partial charge in [-0.1, -0.05) is 25.1 Å². The molecule has 0 amide bonds. The van der Waals surface area contributed by atoms with Crippen LogP contribution < -0.4 is 10.1 Å². The highest BCUT2D eigenvalue weighted by Crippen LogP contribution is 2.41. The zero-order chi connectivity index (χ0) is 14.7. The van der Waals surface area contributed by atoms with Crippen LogP contribution in [0.3, 0.4) is 0 Å². The molecule has 1 aliphatic carbocycles. The number of aromatic nitrogens is 2. The third-order valence-electron chi connectivity index (χ3n) is 4.41. The van der Waals surface area contributed by atoms with Crippen LogP contribution in [0.4, 0.5) is 0 Å². The molecule has 112 valence electrons. The lowest BCUT2D eigenvalue weighted by Gasteiger charge is -2.38. The van der Waals surface area contributed by atoms with Crippen LogP contribution in [0.5, 0.6) is 5.75 Å². The minimum Gasteiger partial charge on any atom is -0.496 e. The normalized spacial score (nSPS) is 22.6. The van der Waals surface area contributed by atoms with E-state index in [-0.39, 0.29) is 0 Å². The van der Waals surface area contributed by atoms with Crippen molar-refractivity contribution in [2.24, 2.45) is 0 Å². The van der Waals surface area contributed by atoms with Gasteiger partial charge in [0.2, 0.25) is 0 Å². The van der Waals surface area contributed by atoms with Crippen LogP contribution in [0.25, 0.3) is 0 Å². The molecule has 1 unspecified atom stereocenters. The lowest BCUT2D eigenvalue weighted by Crippen LogP contribution is -2.42. The van der Waals surface area contributed by atoms with E-state index in [1.54, 1.807) is 7.11 Å². The van der Waals surface area contributed by atoms with Crippen LogP contribution in [-0.4, -0.2) is 23.1 Å². The minimum atomic E-state index is 0.323. The smallest absolute Gasteiger partial charge is 0.123 e. The first-order valence-electron chi connectivity index (χ1n) is 7.70. The fourth-order valence-electron chi connectivity index (χ4n) is 3.15. The summed E-state index contributed by atoms with van der Waals surface area (Å²) in [5.74, 6) is 2.66. The Morgan fingerprint density at radius 1 is 1.38 bits per heavy atom. The second-order valence-electron chi connectivity index (χ2n) is 5.71. The van der Waals surface area contributed by atoms with Gasteiger partial charge >= 0.3 is 0 Å². The molecule has 4 heteroatoms. The van der Waals surface area contributed by atoms with E-state index in [4.69, 9.17) is 4.74 Å². The standard InChI is InChI=1S/C17H23N3O/c1-3-15(17-18-8-9-19-17)20-13-10-12(11-13)14-6-4-5-7-16(14)21-2/h4-9,12-13,15,20H,3,10-11H2,1-2H3,(H,18,19). The van der Waals surface area contributed by atoms with Crippen LogP contribution in [0.15, 0.2) is 36.7 Å². The summed E-state index contributed by atoms with van der Waals surface area (Å²) in [4.78, 5) is 7.57. The van der Waals surface area contributed by atoms with Gasteiger partial charge in [-0.3, -0.25) is 0 Å².